The molecule has 1 unspecified atom stereocenters. The Morgan fingerprint density at radius 3 is 2.85 bits per heavy atom. The second-order valence-electron chi connectivity index (χ2n) is 4.77. The summed E-state index contributed by atoms with van der Waals surface area (Å²) in [7, 11) is 0. The second kappa shape index (κ2) is 6.46. The SMILES string of the molecule is CC(Cl)c1nc2cccc(Cl)c2n1CCCCC(N)=O. The Bertz CT molecular complexity index is 622. The number of hydrogen-bond acceptors (Lipinski definition) is 2. The van der Waals surface area contributed by atoms with Gasteiger partial charge in [0.2, 0.25) is 5.91 Å². The molecule has 0 saturated carbocycles. The lowest BCUT2D eigenvalue weighted by atomic mass is 10.2. The van der Waals surface area contributed by atoms with Crippen molar-refractivity contribution in [1.82, 2.24) is 9.55 Å². The first-order valence-corrected chi connectivity index (χ1v) is 7.39. The molecule has 0 bridgehead atoms. The maximum absolute atomic E-state index is 10.8. The molecule has 20 heavy (non-hydrogen) atoms. The Balaban J connectivity index is 2.29. The number of aromatic nitrogens is 2. The number of primary amides is 1. The van der Waals surface area contributed by atoms with E-state index in [1.165, 1.54) is 0 Å². The smallest absolute Gasteiger partial charge is 0.217 e. The van der Waals surface area contributed by atoms with Crippen molar-refractivity contribution in [3.05, 3.63) is 29.0 Å². The molecule has 1 amide bonds. The number of nitrogens with two attached hydrogens (primary N) is 1. The topological polar surface area (TPSA) is 60.9 Å². The third kappa shape index (κ3) is 3.25. The first-order chi connectivity index (χ1) is 9.50. The van der Waals surface area contributed by atoms with E-state index in [-0.39, 0.29) is 11.3 Å². The lowest BCUT2D eigenvalue weighted by Gasteiger charge is -2.10. The van der Waals surface area contributed by atoms with E-state index >= 15 is 0 Å². The average Bonchev–Trinajstić information content (AvgIpc) is 2.75. The maximum atomic E-state index is 10.8. The van der Waals surface area contributed by atoms with Crippen LogP contribution in [0.1, 0.15) is 37.4 Å². The van der Waals surface area contributed by atoms with Gasteiger partial charge in [-0.25, -0.2) is 4.98 Å². The first-order valence-electron chi connectivity index (χ1n) is 6.57. The molecule has 4 nitrogen and oxygen atoms in total. The molecule has 0 radical (unpaired) electrons. The molecule has 0 aliphatic carbocycles. The average molecular weight is 314 g/mol. The summed E-state index contributed by atoms with van der Waals surface area (Å²) < 4.78 is 2.04. The monoisotopic (exact) mass is 313 g/mol. The van der Waals surface area contributed by atoms with E-state index in [0.717, 1.165) is 36.2 Å². The number of alkyl halides is 1. The van der Waals surface area contributed by atoms with E-state index in [1.807, 2.05) is 29.7 Å². The van der Waals surface area contributed by atoms with Crippen molar-refractivity contribution >= 4 is 40.1 Å². The van der Waals surface area contributed by atoms with Crippen molar-refractivity contribution in [3.63, 3.8) is 0 Å². The minimum absolute atomic E-state index is 0.199. The van der Waals surface area contributed by atoms with Gasteiger partial charge in [0, 0.05) is 13.0 Å². The van der Waals surface area contributed by atoms with Gasteiger partial charge >= 0.3 is 0 Å². The van der Waals surface area contributed by atoms with Crippen molar-refractivity contribution in [2.75, 3.05) is 0 Å². The Hall–Kier alpha value is -1.26. The lowest BCUT2D eigenvalue weighted by Crippen LogP contribution is -2.11. The van der Waals surface area contributed by atoms with Crippen LogP contribution in [0, 0.1) is 0 Å². The zero-order chi connectivity index (χ0) is 14.7. The quantitative estimate of drug-likeness (QED) is 0.653. The van der Waals surface area contributed by atoms with E-state index in [1.54, 1.807) is 0 Å². The van der Waals surface area contributed by atoms with Crippen LogP contribution < -0.4 is 5.73 Å². The molecule has 2 rings (SSSR count). The van der Waals surface area contributed by atoms with Gasteiger partial charge in [-0.2, -0.15) is 0 Å². The summed E-state index contributed by atoms with van der Waals surface area (Å²) in [6.45, 7) is 2.61. The number of imidazole rings is 1. The van der Waals surface area contributed by atoms with Gasteiger partial charge in [0.25, 0.3) is 0 Å². The molecule has 0 fully saturated rings. The van der Waals surface area contributed by atoms with Gasteiger partial charge in [0.05, 0.1) is 21.4 Å². The highest BCUT2D eigenvalue weighted by molar-refractivity contribution is 6.35. The number of benzene rings is 1. The summed E-state index contributed by atoms with van der Waals surface area (Å²) in [6, 6.07) is 5.63. The van der Waals surface area contributed by atoms with Crippen LogP contribution in [0.4, 0.5) is 0 Å². The summed E-state index contributed by atoms with van der Waals surface area (Å²) in [4.78, 5) is 15.3. The Morgan fingerprint density at radius 2 is 2.20 bits per heavy atom. The molecule has 2 aromatic rings. The molecule has 1 heterocycles. The summed E-state index contributed by atoms with van der Waals surface area (Å²) in [5.41, 5.74) is 6.89. The molecule has 0 saturated heterocycles. The van der Waals surface area contributed by atoms with Crippen LogP contribution in [-0.4, -0.2) is 15.5 Å². The largest absolute Gasteiger partial charge is 0.370 e. The number of rotatable bonds is 6. The number of hydrogen-bond donors (Lipinski definition) is 1. The molecule has 0 aliphatic rings. The fourth-order valence-corrected chi connectivity index (χ4v) is 2.70. The molecule has 1 aromatic carbocycles. The number of amides is 1. The van der Waals surface area contributed by atoms with E-state index in [0.29, 0.717) is 11.4 Å². The second-order valence-corrected chi connectivity index (χ2v) is 5.83. The Labute approximate surface area is 127 Å². The van der Waals surface area contributed by atoms with Crippen LogP contribution >= 0.6 is 23.2 Å². The Morgan fingerprint density at radius 1 is 1.45 bits per heavy atom. The highest BCUT2D eigenvalue weighted by Gasteiger charge is 2.16. The van der Waals surface area contributed by atoms with Crippen LogP contribution in [0.15, 0.2) is 18.2 Å². The summed E-state index contributed by atoms with van der Waals surface area (Å²) in [5, 5.41) is 0.461. The highest BCUT2D eigenvalue weighted by Crippen LogP contribution is 2.29. The molecule has 1 atom stereocenters. The molecular formula is C14H17Cl2N3O. The van der Waals surface area contributed by atoms with Crippen molar-refractivity contribution in [1.29, 1.82) is 0 Å². The minimum Gasteiger partial charge on any atom is -0.370 e. The Kier molecular flexibility index (Phi) is 4.89. The van der Waals surface area contributed by atoms with Crippen LogP contribution in [0.25, 0.3) is 11.0 Å². The number of carbonyl (C=O) groups is 1. The van der Waals surface area contributed by atoms with Gasteiger partial charge in [0.15, 0.2) is 0 Å². The van der Waals surface area contributed by atoms with Crippen LogP contribution in [0.5, 0.6) is 0 Å². The molecule has 2 N–H and O–H groups in total. The van der Waals surface area contributed by atoms with E-state index in [4.69, 9.17) is 28.9 Å². The number of para-hydroxylation sites is 1. The zero-order valence-corrected chi connectivity index (χ0v) is 12.8. The van der Waals surface area contributed by atoms with E-state index in [2.05, 4.69) is 4.98 Å². The predicted molar refractivity (Wildman–Crippen MR) is 82.1 cm³/mol. The minimum atomic E-state index is -0.274. The molecule has 1 aromatic heterocycles. The highest BCUT2D eigenvalue weighted by atomic mass is 35.5. The van der Waals surface area contributed by atoms with Gasteiger partial charge in [0.1, 0.15) is 5.82 Å². The fraction of sp³-hybridized carbons (Fsp3) is 0.429. The summed E-state index contributed by atoms with van der Waals surface area (Å²) in [5.74, 6) is 0.526. The first kappa shape index (κ1) is 15.1. The maximum Gasteiger partial charge on any atom is 0.217 e. The van der Waals surface area contributed by atoms with E-state index < -0.39 is 0 Å². The fourth-order valence-electron chi connectivity index (χ4n) is 2.26. The zero-order valence-electron chi connectivity index (χ0n) is 11.3. The number of fused-ring (bicyclic) bond motifs is 1. The molecule has 0 aliphatic heterocycles. The van der Waals surface area contributed by atoms with Gasteiger partial charge in [-0.05, 0) is 31.9 Å². The van der Waals surface area contributed by atoms with Crippen LogP contribution in [-0.2, 0) is 11.3 Å². The van der Waals surface area contributed by atoms with Crippen molar-refractivity contribution in [2.24, 2.45) is 5.73 Å². The van der Waals surface area contributed by atoms with Gasteiger partial charge in [-0.15, -0.1) is 11.6 Å². The number of unbranched alkanes of at least 4 members (excludes halogenated alkanes) is 1. The number of nitrogens with zero attached hydrogens (tertiary/aromatic N) is 2. The third-order valence-corrected chi connectivity index (χ3v) is 3.66. The molecule has 6 heteroatoms. The van der Waals surface area contributed by atoms with Gasteiger partial charge < -0.3 is 10.3 Å². The van der Waals surface area contributed by atoms with E-state index in [9.17, 15) is 4.79 Å². The number of halogens is 2. The van der Waals surface area contributed by atoms with Crippen LogP contribution in [0.3, 0.4) is 0 Å². The lowest BCUT2D eigenvalue weighted by molar-refractivity contribution is -0.118. The normalized spacial score (nSPS) is 12.8. The number of aryl methyl sites for hydroxylation is 1. The third-order valence-electron chi connectivity index (χ3n) is 3.16. The standard InChI is InChI=1S/C14H17Cl2N3O/c1-9(15)14-18-11-6-4-5-10(16)13(11)19(14)8-3-2-7-12(17)20/h4-6,9H,2-3,7-8H2,1H3,(H2,17,20). The van der Waals surface area contributed by atoms with Crippen LogP contribution in [0.2, 0.25) is 5.02 Å². The summed E-state index contributed by atoms with van der Waals surface area (Å²) in [6.07, 6.45) is 1.97. The van der Waals surface area contributed by atoms with Gasteiger partial charge in [-0.1, -0.05) is 17.7 Å². The van der Waals surface area contributed by atoms with Crippen molar-refractivity contribution in [3.8, 4) is 0 Å². The van der Waals surface area contributed by atoms with Crippen molar-refractivity contribution < 1.29 is 4.79 Å². The molecular weight excluding hydrogens is 297 g/mol. The molecule has 108 valence electrons. The number of carbonyl (C=O) groups excluding carboxylic acids is 1. The molecule has 0 spiro atoms. The predicted octanol–water partition coefficient (Wildman–Crippen LogP) is 3.65. The summed E-state index contributed by atoms with van der Waals surface area (Å²) >= 11 is 12.5. The van der Waals surface area contributed by atoms with Crippen molar-refractivity contribution in [2.45, 2.75) is 38.1 Å². The van der Waals surface area contributed by atoms with Gasteiger partial charge in [-0.3, -0.25) is 4.79 Å².